The molecule has 0 nitrogen and oxygen atoms in total. The van der Waals surface area contributed by atoms with Gasteiger partial charge >= 0.3 is 0 Å². The average Bonchev–Trinajstić information content (AvgIpc) is 1.38. The normalized spacial score (nSPS) is 9.00. The maximum atomic E-state index is 6.50. The minimum atomic E-state index is 1.05. The van der Waals surface area contributed by atoms with Gasteiger partial charge in [0.2, 0.25) is 0 Å². The van der Waals surface area contributed by atoms with Crippen LogP contribution >= 0.6 is 0 Å². The minimum absolute atomic E-state index is 1.05. The molecular formula is C4H8. The standard InChI is InChI=1S/C4H8/c1-4(2)3/h1H2,2-3H3/i1T. The maximum Gasteiger partial charge on any atom is 0.0537 e. The largest absolute Gasteiger partial charge is 0.100 e. The highest BCUT2D eigenvalue weighted by Crippen LogP contribution is 1.73. The van der Waals surface area contributed by atoms with Gasteiger partial charge in [-0.15, -0.1) is 6.55 Å². The van der Waals surface area contributed by atoms with Crippen molar-refractivity contribution >= 4 is 0 Å². The Hall–Kier alpha value is -0.260. The first-order valence-electron chi connectivity index (χ1n) is 1.87. The van der Waals surface area contributed by atoms with Crippen LogP contribution in [0.2, 0.25) is 0 Å². The summed E-state index contributed by atoms with van der Waals surface area (Å²) in [7, 11) is 0. The van der Waals surface area contributed by atoms with Gasteiger partial charge in [-0.05, 0) is 13.8 Å². The first kappa shape index (κ1) is 2.01. The van der Waals surface area contributed by atoms with Gasteiger partial charge in [-0.2, -0.15) is 0 Å². The van der Waals surface area contributed by atoms with Crippen LogP contribution in [0.15, 0.2) is 12.1 Å². The third-order valence-corrected chi connectivity index (χ3v) is 0. The molecule has 0 amide bonds. The molecule has 0 fully saturated rings. The fourth-order valence-electron chi connectivity index (χ4n) is 0. The minimum Gasteiger partial charge on any atom is -0.100 e. The van der Waals surface area contributed by atoms with E-state index in [1.807, 2.05) is 13.8 Å². The van der Waals surface area contributed by atoms with Crippen molar-refractivity contribution in [1.29, 1.82) is 0 Å². The van der Waals surface area contributed by atoms with Gasteiger partial charge in [-0.1, -0.05) is 5.57 Å². The van der Waals surface area contributed by atoms with Crippen molar-refractivity contribution in [1.82, 2.24) is 0 Å². The van der Waals surface area contributed by atoms with Gasteiger partial charge in [0.1, 0.15) is 0 Å². The molecule has 0 saturated heterocycles. The van der Waals surface area contributed by atoms with Crippen molar-refractivity contribution < 1.29 is 1.37 Å². The van der Waals surface area contributed by atoms with Gasteiger partial charge in [0, 0.05) is 0 Å². The van der Waals surface area contributed by atoms with Crippen LogP contribution < -0.4 is 0 Å². The molecule has 24 valence electrons. The third-order valence-electron chi connectivity index (χ3n) is 0. The number of hydrogen-bond acceptors (Lipinski definition) is 0. The Morgan fingerprint density at radius 3 is 2.25 bits per heavy atom. The van der Waals surface area contributed by atoms with Crippen LogP contribution in [-0.4, -0.2) is 0 Å². The molecule has 0 saturated carbocycles. The number of rotatable bonds is 0. The second kappa shape index (κ2) is 1.10. The quantitative estimate of drug-likeness (QED) is 0.371. The highest BCUT2D eigenvalue weighted by atomic mass is 13.6. The predicted molar refractivity (Wildman–Crippen MR) is 20.5 cm³/mol. The smallest absolute Gasteiger partial charge is 0.0537 e. The van der Waals surface area contributed by atoms with Crippen LogP contribution in [0.4, 0.5) is 0 Å². The van der Waals surface area contributed by atoms with Crippen LogP contribution in [0.1, 0.15) is 15.2 Å². The highest BCUT2D eigenvalue weighted by molar-refractivity contribution is 4.78. The molecule has 0 atom stereocenters. The first-order valence-corrected chi connectivity index (χ1v) is 1.29. The van der Waals surface area contributed by atoms with Gasteiger partial charge in [-0.3, -0.25) is 0 Å². The lowest BCUT2D eigenvalue weighted by molar-refractivity contribution is 1.42. The highest BCUT2D eigenvalue weighted by Gasteiger charge is 1.51. The Morgan fingerprint density at radius 1 is 2.00 bits per heavy atom. The zero-order chi connectivity index (χ0) is 4.28. The van der Waals surface area contributed by atoms with E-state index in [0.717, 1.165) is 5.57 Å². The Morgan fingerprint density at radius 2 is 2.25 bits per heavy atom. The first-order chi connectivity index (χ1) is 2.27. The monoisotopic (exact) mass is 58.1 g/mol. The van der Waals surface area contributed by atoms with Crippen molar-refractivity contribution in [3.8, 4) is 0 Å². The van der Waals surface area contributed by atoms with Crippen LogP contribution in [0.25, 0.3) is 0 Å². The van der Waals surface area contributed by atoms with E-state index in [9.17, 15) is 0 Å². The van der Waals surface area contributed by atoms with E-state index in [-0.39, 0.29) is 0 Å². The lowest BCUT2D eigenvalue weighted by Gasteiger charge is -1.65. The van der Waals surface area contributed by atoms with E-state index in [2.05, 4.69) is 0 Å². The van der Waals surface area contributed by atoms with E-state index in [1.54, 1.807) is 0 Å². The molecule has 0 aliphatic carbocycles. The van der Waals surface area contributed by atoms with E-state index in [1.165, 1.54) is 6.55 Å². The molecule has 0 spiro atoms. The summed E-state index contributed by atoms with van der Waals surface area (Å²) in [5.74, 6) is 0. The van der Waals surface area contributed by atoms with E-state index >= 15 is 0 Å². The molecule has 4 heavy (non-hydrogen) atoms. The summed E-state index contributed by atoms with van der Waals surface area (Å²) in [4.78, 5) is 0. The molecule has 0 heteroatoms. The zero-order valence-electron chi connectivity index (χ0n) is 4.08. The summed E-state index contributed by atoms with van der Waals surface area (Å²) in [6, 6.07) is 0. The molecule has 0 aromatic rings. The second-order valence-electron chi connectivity index (χ2n) is 1.08. The summed E-state index contributed by atoms with van der Waals surface area (Å²) < 4.78 is 6.50. The number of hydrogen-bond donors (Lipinski definition) is 0. The molecule has 0 aromatic carbocycles. The predicted octanol–water partition coefficient (Wildman–Crippen LogP) is 1.58. The van der Waals surface area contributed by atoms with Crippen LogP contribution in [0, 0.1) is 0 Å². The lowest BCUT2D eigenvalue weighted by atomic mass is 10.4. The van der Waals surface area contributed by atoms with Crippen molar-refractivity contribution in [2.45, 2.75) is 13.8 Å². The molecule has 0 rings (SSSR count). The van der Waals surface area contributed by atoms with E-state index in [4.69, 9.17) is 1.37 Å². The number of allylic oxidation sites excluding steroid dienone is 1. The Kier molecular flexibility index (Phi) is 0.555. The van der Waals surface area contributed by atoms with Crippen LogP contribution in [-0.2, 0) is 0 Å². The summed E-state index contributed by atoms with van der Waals surface area (Å²) in [6.45, 7) is 5.12. The lowest BCUT2D eigenvalue weighted by Crippen LogP contribution is -1.43. The zero-order valence-corrected chi connectivity index (χ0v) is 3.08. The molecule has 0 N–H and O–H groups in total. The molecule has 0 radical (unpaired) electrons. The van der Waals surface area contributed by atoms with Gasteiger partial charge in [0.05, 0.1) is 1.37 Å². The summed E-state index contributed by atoms with van der Waals surface area (Å²) in [6.07, 6.45) is 0. The van der Waals surface area contributed by atoms with Crippen LogP contribution in [0.3, 0.4) is 0 Å². The molecule has 0 aliphatic heterocycles. The molecule has 0 bridgehead atoms. The Bertz CT molecular complexity index is 41.6. The molecular weight excluding hydrogens is 48.0 g/mol. The van der Waals surface area contributed by atoms with Crippen molar-refractivity contribution in [3.63, 3.8) is 0 Å². The van der Waals surface area contributed by atoms with E-state index in [0.29, 0.717) is 0 Å². The SMILES string of the molecule is [3H]C=C(C)C. The molecule has 0 unspecified atom stereocenters. The Labute approximate surface area is 28.5 Å². The maximum absolute atomic E-state index is 6.50. The molecule has 0 aromatic heterocycles. The van der Waals surface area contributed by atoms with Gasteiger partial charge < -0.3 is 0 Å². The molecule has 0 heterocycles. The molecule has 0 aliphatic rings. The Balaban J connectivity index is 3.14. The van der Waals surface area contributed by atoms with Crippen LogP contribution in [0.5, 0.6) is 0 Å². The van der Waals surface area contributed by atoms with Gasteiger partial charge in [-0.25, -0.2) is 0 Å². The van der Waals surface area contributed by atoms with E-state index < -0.39 is 0 Å². The van der Waals surface area contributed by atoms with Crippen molar-refractivity contribution in [2.75, 3.05) is 0 Å². The summed E-state index contributed by atoms with van der Waals surface area (Å²) in [5.41, 5.74) is 1.05. The summed E-state index contributed by atoms with van der Waals surface area (Å²) in [5, 5.41) is 0. The van der Waals surface area contributed by atoms with Gasteiger partial charge in [0.25, 0.3) is 0 Å². The topological polar surface area (TPSA) is 0 Å². The fraction of sp³-hybridized carbons (Fsp3) is 0.500. The van der Waals surface area contributed by atoms with Gasteiger partial charge in [0.15, 0.2) is 0 Å². The van der Waals surface area contributed by atoms with Crippen molar-refractivity contribution in [3.05, 3.63) is 12.1 Å². The fourth-order valence-corrected chi connectivity index (χ4v) is 0. The van der Waals surface area contributed by atoms with Crippen molar-refractivity contribution in [2.24, 2.45) is 0 Å². The average molecular weight is 58.1 g/mol. The third kappa shape index (κ3) is 14.1. The second-order valence-corrected chi connectivity index (χ2v) is 1.08. The summed E-state index contributed by atoms with van der Waals surface area (Å²) >= 11 is 0.